The predicted molar refractivity (Wildman–Crippen MR) is 82.6 cm³/mol. The Morgan fingerprint density at radius 2 is 2.15 bits per heavy atom. The van der Waals surface area contributed by atoms with Gasteiger partial charge in [0, 0.05) is 32.3 Å². The van der Waals surface area contributed by atoms with Crippen LogP contribution in [0.4, 0.5) is 0 Å². The van der Waals surface area contributed by atoms with Crippen LogP contribution in [0.25, 0.3) is 0 Å². The van der Waals surface area contributed by atoms with Crippen LogP contribution >= 0.6 is 11.3 Å². The number of sulfonamides is 1. The zero-order valence-electron chi connectivity index (χ0n) is 12.3. The summed E-state index contributed by atoms with van der Waals surface area (Å²) in [7, 11) is -3.38. The average Bonchev–Trinajstić information content (AvgIpc) is 2.85. The maximum atomic E-state index is 12.1. The Bertz CT molecular complexity index is 484. The minimum absolute atomic E-state index is 0.370. The van der Waals surface area contributed by atoms with Crippen LogP contribution in [0.5, 0.6) is 0 Å². The summed E-state index contributed by atoms with van der Waals surface area (Å²) in [5.41, 5.74) is 0.999. The van der Waals surface area contributed by atoms with E-state index in [-0.39, 0.29) is 0 Å². The second kappa shape index (κ2) is 8.74. The maximum Gasteiger partial charge on any atom is 0.250 e. The molecule has 7 heteroatoms. The van der Waals surface area contributed by atoms with Gasteiger partial charge in [-0.1, -0.05) is 13.8 Å². The van der Waals surface area contributed by atoms with E-state index in [9.17, 15) is 8.42 Å². The summed E-state index contributed by atoms with van der Waals surface area (Å²) in [5, 5.41) is 5.15. The molecule has 20 heavy (non-hydrogen) atoms. The van der Waals surface area contributed by atoms with Crippen molar-refractivity contribution in [3.63, 3.8) is 0 Å². The fourth-order valence-corrected chi connectivity index (χ4v) is 3.83. The van der Waals surface area contributed by atoms with E-state index in [0.29, 0.717) is 43.0 Å². The number of rotatable bonds is 10. The molecule has 0 spiro atoms. The van der Waals surface area contributed by atoms with Crippen LogP contribution < -0.4 is 10.0 Å². The molecular formula is C13H24N2O3S2. The van der Waals surface area contributed by atoms with Gasteiger partial charge in [0.15, 0.2) is 0 Å². The van der Waals surface area contributed by atoms with Crippen LogP contribution in [0.3, 0.4) is 0 Å². The largest absolute Gasteiger partial charge is 0.382 e. The van der Waals surface area contributed by atoms with E-state index < -0.39 is 10.0 Å². The van der Waals surface area contributed by atoms with Crippen molar-refractivity contribution in [2.75, 3.05) is 19.8 Å². The molecule has 1 heterocycles. The van der Waals surface area contributed by atoms with Crippen LogP contribution in [0.15, 0.2) is 15.7 Å². The van der Waals surface area contributed by atoms with Crippen molar-refractivity contribution in [2.45, 2.75) is 44.0 Å². The molecule has 0 unspecified atom stereocenters. The summed E-state index contributed by atoms with van der Waals surface area (Å²) in [5.74, 6) is 0. The second-order valence-corrected chi connectivity index (χ2v) is 7.66. The molecule has 0 aliphatic carbocycles. The van der Waals surface area contributed by atoms with Crippen molar-refractivity contribution in [1.82, 2.24) is 10.0 Å². The molecule has 0 aromatic carbocycles. The number of nitrogens with one attached hydrogen (secondary N) is 2. The van der Waals surface area contributed by atoms with E-state index in [1.165, 1.54) is 11.3 Å². The molecule has 0 radical (unpaired) electrons. The Labute approximate surface area is 125 Å². The van der Waals surface area contributed by atoms with Crippen molar-refractivity contribution in [2.24, 2.45) is 0 Å². The molecule has 2 N–H and O–H groups in total. The molecule has 0 saturated carbocycles. The molecular weight excluding hydrogens is 296 g/mol. The van der Waals surface area contributed by atoms with Gasteiger partial charge in [0.1, 0.15) is 4.21 Å². The Balaban J connectivity index is 2.46. The number of ether oxygens (including phenoxy) is 1. The zero-order valence-corrected chi connectivity index (χ0v) is 13.9. The minimum atomic E-state index is -3.38. The Morgan fingerprint density at radius 3 is 2.80 bits per heavy atom. The van der Waals surface area contributed by atoms with Crippen molar-refractivity contribution < 1.29 is 13.2 Å². The third-order valence-corrected chi connectivity index (χ3v) is 5.52. The SMILES string of the molecule is CCOCCCNS(=O)(=O)c1cc(CNC(C)C)cs1. The van der Waals surface area contributed by atoms with Gasteiger partial charge in [0.05, 0.1) is 0 Å². The topological polar surface area (TPSA) is 67.4 Å². The van der Waals surface area contributed by atoms with Crippen molar-refractivity contribution >= 4 is 21.4 Å². The van der Waals surface area contributed by atoms with Gasteiger partial charge in [-0.3, -0.25) is 0 Å². The summed E-state index contributed by atoms with van der Waals surface area (Å²) in [6.07, 6.45) is 0.681. The summed E-state index contributed by atoms with van der Waals surface area (Å²) in [4.78, 5) is 0. The van der Waals surface area contributed by atoms with E-state index in [2.05, 4.69) is 23.9 Å². The van der Waals surface area contributed by atoms with Crippen molar-refractivity contribution in [1.29, 1.82) is 0 Å². The third-order valence-electron chi connectivity index (χ3n) is 2.57. The predicted octanol–water partition coefficient (Wildman–Crippen LogP) is 1.95. The van der Waals surface area contributed by atoms with Crippen LogP contribution in [-0.2, 0) is 21.3 Å². The monoisotopic (exact) mass is 320 g/mol. The van der Waals surface area contributed by atoms with Gasteiger partial charge in [-0.2, -0.15) is 0 Å². The van der Waals surface area contributed by atoms with Crippen molar-refractivity contribution in [3.8, 4) is 0 Å². The number of hydrogen-bond acceptors (Lipinski definition) is 5. The van der Waals surface area contributed by atoms with Crippen LogP contribution in [-0.4, -0.2) is 34.2 Å². The summed E-state index contributed by atoms with van der Waals surface area (Å²) in [6.45, 7) is 8.36. The fraction of sp³-hybridized carbons (Fsp3) is 0.692. The molecule has 1 aromatic rings. The van der Waals surface area contributed by atoms with Crippen molar-refractivity contribution in [3.05, 3.63) is 17.0 Å². The van der Waals surface area contributed by atoms with E-state index in [4.69, 9.17) is 4.74 Å². The van der Waals surface area contributed by atoms with Gasteiger partial charge in [0.2, 0.25) is 10.0 Å². The molecule has 0 amide bonds. The van der Waals surface area contributed by atoms with Crippen LogP contribution in [0.1, 0.15) is 32.8 Å². The van der Waals surface area contributed by atoms with Gasteiger partial charge >= 0.3 is 0 Å². The standard InChI is InChI=1S/C13H24N2O3S2/c1-4-18-7-5-6-15-20(16,17)13-8-12(10-19-13)9-14-11(2)3/h8,10-11,14-15H,4-7,9H2,1-3H3. The van der Waals surface area contributed by atoms with Gasteiger partial charge in [-0.15, -0.1) is 11.3 Å². The molecule has 0 saturated heterocycles. The zero-order chi connectivity index (χ0) is 15.0. The lowest BCUT2D eigenvalue weighted by Gasteiger charge is -2.06. The fourth-order valence-electron chi connectivity index (χ4n) is 1.50. The smallest absolute Gasteiger partial charge is 0.250 e. The first-order valence-corrected chi connectivity index (χ1v) is 9.20. The van der Waals surface area contributed by atoms with Crippen LogP contribution in [0, 0.1) is 0 Å². The van der Waals surface area contributed by atoms with Gasteiger partial charge < -0.3 is 10.1 Å². The van der Waals surface area contributed by atoms with E-state index in [1.54, 1.807) is 6.07 Å². The highest BCUT2D eigenvalue weighted by Crippen LogP contribution is 2.20. The van der Waals surface area contributed by atoms with E-state index in [0.717, 1.165) is 5.56 Å². The lowest BCUT2D eigenvalue weighted by Crippen LogP contribution is -2.25. The van der Waals surface area contributed by atoms with Gasteiger partial charge in [-0.05, 0) is 30.4 Å². The summed E-state index contributed by atoms with van der Waals surface area (Å²) < 4.78 is 32.2. The van der Waals surface area contributed by atoms with E-state index in [1.807, 2.05) is 12.3 Å². The highest BCUT2D eigenvalue weighted by atomic mass is 32.2. The first-order chi connectivity index (χ1) is 9.45. The molecule has 1 rings (SSSR count). The molecule has 5 nitrogen and oxygen atoms in total. The Kier molecular flexibility index (Phi) is 7.68. The Hall–Kier alpha value is -0.470. The molecule has 1 aromatic heterocycles. The molecule has 0 fully saturated rings. The maximum absolute atomic E-state index is 12.1. The molecule has 0 bridgehead atoms. The van der Waals surface area contributed by atoms with Crippen LogP contribution in [0.2, 0.25) is 0 Å². The lowest BCUT2D eigenvalue weighted by atomic mass is 10.3. The first kappa shape index (κ1) is 17.6. The van der Waals surface area contributed by atoms with E-state index >= 15 is 0 Å². The average molecular weight is 320 g/mol. The summed E-state index contributed by atoms with van der Waals surface area (Å²) in [6, 6.07) is 2.11. The highest BCUT2D eigenvalue weighted by Gasteiger charge is 2.16. The Morgan fingerprint density at radius 1 is 1.40 bits per heavy atom. The molecule has 116 valence electrons. The summed E-state index contributed by atoms with van der Waals surface area (Å²) >= 11 is 1.25. The number of hydrogen-bond donors (Lipinski definition) is 2. The first-order valence-electron chi connectivity index (χ1n) is 6.84. The quantitative estimate of drug-likeness (QED) is 0.647. The molecule has 0 atom stereocenters. The molecule has 0 aliphatic rings. The van der Waals surface area contributed by atoms with Gasteiger partial charge in [-0.25, -0.2) is 13.1 Å². The molecule has 0 aliphatic heterocycles. The second-order valence-electron chi connectivity index (χ2n) is 4.76. The minimum Gasteiger partial charge on any atom is -0.382 e. The number of thiophene rings is 1. The normalized spacial score (nSPS) is 12.2. The van der Waals surface area contributed by atoms with Gasteiger partial charge in [0.25, 0.3) is 0 Å². The third kappa shape index (κ3) is 6.32. The highest BCUT2D eigenvalue weighted by molar-refractivity contribution is 7.91. The lowest BCUT2D eigenvalue weighted by molar-refractivity contribution is 0.146.